The number of carbonyl (C=O) groups is 1. The minimum absolute atomic E-state index is 0.127. The van der Waals surface area contributed by atoms with Crippen LogP contribution in [0, 0.1) is 0 Å². The van der Waals surface area contributed by atoms with Crippen LogP contribution in [0.1, 0.15) is 30.1 Å². The van der Waals surface area contributed by atoms with Gasteiger partial charge in [-0.15, -0.1) is 0 Å². The number of benzene rings is 1. The molecule has 2 heteroatoms. The first kappa shape index (κ1) is 9.64. The maximum Gasteiger partial charge on any atom is 0.187 e. The molecule has 0 N–H and O–H groups in total. The van der Waals surface area contributed by atoms with Crippen molar-refractivity contribution in [3.8, 4) is 0 Å². The molecule has 0 bridgehead atoms. The summed E-state index contributed by atoms with van der Waals surface area (Å²) in [5.74, 6) is 0.282. The van der Waals surface area contributed by atoms with Crippen molar-refractivity contribution in [2.45, 2.75) is 31.8 Å². The normalized spacial score (nSPS) is 29.3. The molecule has 1 aromatic rings. The van der Waals surface area contributed by atoms with Gasteiger partial charge < -0.3 is 4.90 Å². The van der Waals surface area contributed by atoms with Gasteiger partial charge in [0, 0.05) is 11.3 Å². The fourth-order valence-electron chi connectivity index (χ4n) is 2.76. The van der Waals surface area contributed by atoms with Crippen LogP contribution < -0.4 is 0 Å². The summed E-state index contributed by atoms with van der Waals surface area (Å²) in [6.07, 6.45) is 4.42. The van der Waals surface area contributed by atoms with Crippen LogP contribution in [0.4, 0.5) is 0 Å². The standard InChI is InChI=1S/C14H15NO/c1-2-11-8-9-12-13(15(11)12)14(16)10-6-4-3-5-7-10/h2-7,12-13H,8-9H2,1H3/b11-2-/t12-,13+,15?/m1/s1. The van der Waals surface area contributed by atoms with E-state index in [0.717, 1.165) is 18.4 Å². The lowest BCUT2D eigenvalue weighted by molar-refractivity contribution is 0.0975. The molecule has 0 unspecified atom stereocenters. The summed E-state index contributed by atoms with van der Waals surface area (Å²) in [6, 6.07) is 10.2. The number of piperidine rings is 1. The highest BCUT2D eigenvalue weighted by molar-refractivity contribution is 6.03. The Balaban J connectivity index is 1.81. The van der Waals surface area contributed by atoms with Crippen LogP contribution >= 0.6 is 0 Å². The molecule has 3 rings (SSSR count). The van der Waals surface area contributed by atoms with Gasteiger partial charge in [-0.1, -0.05) is 36.4 Å². The van der Waals surface area contributed by atoms with E-state index in [0.29, 0.717) is 6.04 Å². The van der Waals surface area contributed by atoms with Gasteiger partial charge in [-0.25, -0.2) is 0 Å². The highest BCUT2D eigenvalue weighted by atomic mass is 16.1. The molecule has 0 radical (unpaired) electrons. The van der Waals surface area contributed by atoms with Crippen LogP contribution in [0.25, 0.3) is 0 Å². The fourth-order valence-corrected chi connectivity index (χ4v) is 2.76. The van der Waals surface area contributed by atoms with Gasteiger partial charge in [0.25, 0.3) is 0 Å². The summed E-state index contributed by atoms with van der Waals surface area (Å²) in [4.78, 5) is 14.5. The number of allylic oxidation sites excluding steroid dienone is 2. The number of Topliss-reactive ketones (excluding diaryl/α,β-unsaturated/α-hetero) is 1. The summed E-state index contributed by atoms with van der Waals surface area (Å²) >= 11 is 0. The second-order valence-electron chi connectivity index (χ2n) is 4.47. The lowest BCUT2D eigenvalue weighted by Crippen LogP contribution is -2.15. The molecular formula is C14H15NO. The summed E-state index contributed by atoms with van der Waals surface area (Å²) in [5, 5.41) is 0. The third-order valence-electron chi connectivity index (χ3n) is 3.62. The Labute approximate surface area is 95.6 Å². The first-order valence-electron chi connectivity index (χ1n) is 5.85. The van der Waals surface area contributed by atoms with Crippen LogP contribution in [0.3, 0.4) is 0 Å². The third kappa shape index (κ3) is 1.29. The molecular weight excluding hydrogens is 198 g/mol. The number of ketones is 1. The van der Waals surface area contributed by atoms with Crippen LogP contribution in [0.5, 0.6) is 0 Å². The predicted molar refractivity (Wildman–Crippen MR) is 63.2 cm³/mol. The Morgan fingerprint density at radius 1 is 1.38 bits per heavy atom. The maximum absolute atomic E-state index is 12.2. The van der Waals surface area contributed by atoms with E-state index in [2.05, 4.69) is 17.9 Å². The van der Waals surface area contributed by atoms with Crippen LogP contribution in [0.2, 0.25) is 0 Å². The number of nitrogens with zero attached hydrogens (tertiary/aromatic N) is 1. The van der Waals surface area contributed by atoms with Crippen molar-refractivity contribution in [3.63, 3.8) is 0 Å². The number of hydrogen-bond acceptors (Lipinski definition) is 2. The van der Waals surface area contributed by atoms with Crippen molar-refractivity contribution < 1.29 is 4.79 Å². The molecule has 2 nitrogen and oxygen atoms in total. The van der Waals surface area contributed by atoms with Gasteiger partial charge in [0.15, 0.2) is 5.78 Å². The zero-order valence-corrected chi connectivity index (χ0v) is 9.39. The second-order valence-corrected chi connectivity index (χ2v) is 4.47. The van der Waals surface area contributed by atoms with Gasteiger partial charge in [-0.2, -0.15) is 0 Å². The molecule has 2 fully saturated rings. The largest absolute Gasteiger partial charge is 0.357 e. The van der Waals surface area contributed by atoms with E-state index >= 15 is 0 Å². The Kier molecular flexibility index (Phi) is 2.10. The number of fused-ring (bicyclic) bond motifs is 1. The van der Waals surface area contributed by atoms with Crippen LogP contribution in [-0.2, 0) is 0 Å². The molecule has 0 amide bonds. The smallest absolute Gasteiger partial charge is 0.187 e. The fraction of sp³-hybridized carbons (Fsp3) is 0.357. The third-order valence-corrected chi connectivity index (χ3v) is 3.62. The highest BCUT2D eigenvalue weighted by Crippen LogP contribution is 2.46. The van der Waals surface area contributed by atoms with Crippen molar-refractivity contribution in [2.75, 3.05) is 0 Å². The predicted octanol–water partition coefficient (Wildman–Crippen LogP) is 2.62. The van der Waals surface area contributed by atoms with E-state index in [1.807, 2.05) is 30.3 Å². The Morgan fingerprint density at radius 3 is 2.81 bits per heavy atom. The van der Waals surface area contributed by atoms with E-state index in [4.69, 9.17) is 0 Å². The summed E-state index contributed by atoms with van der Waals surface area (Å²) in [5.41, 5.74) is 2.19. The summed E-state index contributed by atoms with van der Waals surface area (Å²) < 4.78 is 0. The molecule has 82 valence electrons. The minimum atomic E-state index is 0.127. The minimum Gasteiger partial charge on any atom is -0.357 e. The van der Waals surface area contributed by atoms with E-state index < -0.39 is 0 Å². The summed E-state index contributed by atoms with van der Waals surface area (Å²) in [6.45, 7) is 2.06. The van der Waals surface area contributed by atoms with Crippen molar-refractivity contribution in [1.82, 2.24) is 4.90 Å². The number of rotatable bonds is 2. The first-order valence-corrected chi connectivity index (χ1v) is 5.85. The molecule has 0 aliphatic carbocycles. The molecule has 2 saturated heterocycles. The van der Waals surface area contributed by atoms with Gasteiger partial charge in [0.05, 0.1) is 6.04 Å². The Bertz CT molecular complexity index is 449. The highest BCUT2D eigenvalue weighted by Gasteiger charge is 2.56. The van der Waals surface area contributed by atoms with Crippen LogP contribution in [0.15, 0.2) is 42.1 Å². The lowest BCUT2D eigenvalue weighted by Gasteiger charge is -2.06. The Morgan fingerprint density at radius 2 is 2.12 bits per heavy atom. The molecule has 1 aromatic carbocycles. The topological polar surface area (TPSA) is 20.1 Å². The molecule has 2 atom stereocenters. The monoisotopic (exact) mass is 213 g/mol. The zero-order valence-electron chi connectivity index (χ0n) is 9.39. The Hall–Kier alpha value is -1.57. The lowest BCUT2D eigenvalue weighted by atomic mass is 10.0. The van der Waals surface area contributed by atoms with Crippen molar-refractivity contribution in [1.29, 1.82) is 0 Å². The van der Waals surface area contributed by atoms with Gasteiger partial charge in [0.1, 0.15) is 6.04 Å². The molecule has 0 spiro atoms. The zero-order chi connectivity index (χ0) is 11.1. The number of carbonyl (C=O) groups excluding carboxylic acids is 1. The molecule has 0 aromatic heterocycles. The average Bonchev–Trinajstić information content (AvgIpc) is 2.91. The molecule has 16 heavy (non-hydrogen) atoms. The van der Waals surface area contributed by atoms with E-state index in [-0.39, 0.29) is 11.8 Å². The van der Waals surface area contributed by atoms with Crippen LogP contribution in [-0.4, -0.2) is 22.8 Å². The van der Waals surface area contributed by atoms with Gasteiger partial charge in [-0.05, 0) is 19.8 Å². The number of hydrogen-bond donors (Lipinski definition) is 0. The SMILES string of the molecule is C/C=C1/CC[C@@H]2[C@@H](C(=O)c3ccccc3)N12. The van der Waals surface area contributed by atoms with Gasteiger partial charge in [0.2, 0.25) is 0 Å². The summed E-state index contributed by atoms with van der Waals surface area (Å²) in [7, 11) is 0. The second kappa shape index (κ2) is 3.48. The average molecular weight is 213 g/mol. The maximum atomic E-state index is 12.2. The first-order chi connectivity index (χ1) is 7.83. The van der Waals surface area contributed by atoms with Crippen molar-refractivity contribution in [2.24, 2.45) is 0 Å². The van der Waals surface area contributed by atoms with E-state index in [1.54, 1.807) is 0 Å². The van der Waals surface area contributed by atoms with Gasteiger partial charge >= 0.3 is 0 Å². The molecule has 2 aliphatic heterocycles. The quantitative estimate of drug-likeness (QED) is 0.556. The molecule has 2 heterocycles. The van der Waals surface area contributed by atoms with E-state index in [9.17, 15) is 4.79 Å². The van der Waals surface area contributed by atoms with Crippen molar-refractivity contribution in [3.05, 3.63) is 47.7 Å². The van der Waals surface area contributed by atoms with E-state index in [1.165, 1.54) is 5.70 Å². The molecule has 2 aliphatic rings. The molecule has 0 saturated carbocycles. The van der Waals surface area contributed by atoms with Crippen molar-refractivity contribution >= 4 is 5.78 Å². The van der Waals surface area contributed by atoms with Gasteiger partial charge in [-0.3, -0.25) is 4.79 Å².